The van der Waals surface area contributed by atoms with Crippen LogP contribution in [-0.2, 0) is 0 Å². The minimum absolute atomic E-state index is 0.587. The molecule has 88 valence electrons. The summed E-state index contributed by atoms with van der Waals surface area (Å²) in [7, 11) is 1.66. The Kier molecular flexibility index (Phi) is 3.22. The average Bonchev–Trinajstić information content (AvgIpc) is 2.30. The molecule has 3 nitrogen and oxygen atoms in total. The van der Waals surface area contributed by atoms with Crippen LogP contribution in [0.3, 0.4) is 0 Å². The number of piperidine rings is 1. The molecule has 1 aliphatic heterocycles. The van der Waals surface area contributed by atoms with Gasteiger partial charge < -0.3 is 15.4 Å². The molecule has 1 aromatic rings. The van der Waals surface area contributed by atoms with Crippen LogP contribution in [0.4, 0.5) is 11.4 Å². The molecule has 0 radical (unpaired) electrons. The zero-order valence-electron chi connectivity index (χ0n) is 10.1. The van der Waals surface area contributed by atoms with Crippen molar-refractivity contribution in [3.05, 3.63) is 18.2 Å². The second-order valence-electron chi connectivity index (χ2n) is 4.46. The lowest BCUT2D eigenvalue weighted by Gasteiger charge is -2.36. The zero-order valence-corrected chi connectivity index (χ0v) is 10.1. The predicted octanol–water partition coefficient (Wildman–Crippen LogP) is 2.66. The molecule has 0 aromatic heterocycles. The van der Waals surface area contributed by atoms with Gasteiger partial charge in [0.15, 0.2) is 0 Å². The third-order valence-electron chi connectivity index (χ3n) is 3.35. The SMILES string of the molecule is COc1ccc(N2CCCC[C@@H]2C)c(N)c1. The quantitative estimate of drug-likeness (QED) is 0.779. The van der Waals surface area contributed by atoms with Gasteiger partial charge in [0.05, 0.1) is 18.5 Å². The number of rotatable bonds is 2. The predicted molar refractivity (Wildman–Crippen MR) is 68.1 cm³/mol. The van der Waals surface area contributed by atoms with Gasteiger partial charge in [-0.25, -0.2) is 0 Å². The summed E-state index contributed by atoms with van der Waals surface area (Å²) in [6, 6.07) is 6.53. The first-order chi connectivity index (χ1) is 7.72. The third kappa shape index (κ3) is 2.08. The number of anilines is 2. The molecule has 0 amide bonds. The number of ether oxygens (including phenoxy) is 1. The average molecular weight is 220 g/mol. The summed E-state index contributed by atoms with van der Waals surface area (Å²) in [6.45, 7) is 3.38. The van der Waals surface area contributed by atoms with E-state index >= 15 is 0 Å². The molecule has 3 heteroatoms. The fourth-order valence-corrected chi connectivity index (χ4v) is 2.38. The van der Waals surface area contributed by atoms with Crippen LogP contribution >= 0.6 is 0 Å². The van der Waals surface area contributed by atoms with Gasteiger partial charge in [0, 0.05) is 18.7 Å². The first-order valence-electron chi connectivity index (χ1n) is 5.92. The van der Waals surface area contributed by atoms with Crippen molar-refractivity contribution in [3.8, 4) is 5.75 Å². The number of nitrogens with two attached hydrogens (primary N) is 1. The van der Waals surface area contributed by atoms with Gasteiger partial charge >= 0.3 is 0 Å². The fraction of sp³-hybridized carbons (Fsp3) is 0.538. The summed E-state index contributed by atoms with van der Waals surface area (Å²) in [5.41, 5.74) is 8.03. The van der Waals surface area contributed by atoms with E-state index in [1.54, 1.807) is 7.11 Å². The van der Waals surface area contributed by atoms with Crippen molar-refractivity contribution < 1.29 is 4.74 Å². The van der Waals surface area contributed by atoms with Crippen LogP contribution in [0, 0.1) is 0 Å². The first kappa shape index (κ1) is 11.1. The Morgan fingerprint density at radius 3 is 2.81 bits per heavy atom. The topological polar surface area (TPSA) is 38.5 Å². The van der Waals surface area contributed by atoms with E-state index in [-0.39, 0.29) is 0 Å². The highest BCUT2D eigenvalue weighted by Gasteiger charge is 2.20. The van der Waals surface area contributed by atoms with Gasteiger partial charge in [0.2, 0.25) is 0 Å². The molecular formula is C13H20N2O. The van der Waals surface area contributed by atoms with E-state index < -0.39 is 0 Å². The van der Waals surface area contributed by atoms with Crippen LogP contribution in [-0.4, -0.2) is 19.7 Å². The fourth-order valence-electron chi connectivity index (χ4n) is 2.38. The highest BCUT2D eigenvalue weighted by Crippen LogP contribution is 2.31. The molecule has 2 N–H and O–H groups in total. The summed E-state index contributed by atoms with van der Waals surface area (Å²) in [5, 5.41) is 0. The van der Waals surface area contributed by atoms with Crippen LogP contribution in [0.25, 0.3) is 0 Å². The van der Waals surface area contributed by atoms with E-state index in [0.717, 1.165) is 23.7 Å². The second kappa shape index (κ2) is 4.64. The number of nitrogen functional groups attached to an aromatic ring is 1. The Balaban J connectivity index is 2.25. The van der Waals surface area contributed by atoms with E-state index in [1.165, 1.54) is 19.3 Å². The van der Waals surface area contributed by atoms with Crippen LogP contribution in [0.2, 0.25) is 0 Å². The van der Waals surface area contributed by atoms with Crippen molar-refractivity contribution in [2.24, 2.45) is 0 Å². The van der Waals surface area contributed by atoms with E-state index in [0.29, 0.717) is 6.04 Å². The van der Waals surface area contributed by atoms with Gasteiger partial charge in [-0.15, -0.1) is 0 Å². The van der Waals surface area contributed by atoms with E-state index in [9.17, 15) is 0 Å². The Bertz CT molecular complexity index is 365. The number of hydrogen-bond acceptors (Lipinski definition) is 3. The summed E-state index contributed by atoms with van der Waals surface area (Å²) in [5.74, 6) is 0.825. The minimum Gasteiger partial charge on any atom is -0.497 e. The maximum atomic E-state index is 6.07. The Morgan fingerprint density at radius 1 is 1.38 bits per heavy atom. The third-order valence-corrected chi connectivity index (χ3v) is 3.35. The van der Waals surface area contributed by atoms with Gasteiger partial charge in [-0.2, -0.15) is 0 Å². The lowest BCUT2D eigenvalue weighted by atomic mass is 10.0. The van der Waals surface area contributed by atoms with Crippen molar-refractivity contribution in [2.75, 3.05) is 24.3 Å². The Labute approximate surface area is 97.2 Å². The van der Waals surface area contributed by atoms with E-state index in [2.05, 4.69) is 17.9 Å². The van der Waals surface area contributed by atoms with Crippen LogP contribution < -0.4 is 15.4 Å². The van der Waals surface area contributed by atoms with Crippen molar-refractivity contribution >= 4 is 11.4 Å². The first-order valence-corrected chi connectivity index (χ1v) is 5.92. The van der Waals surface area contributed by atoms with Gasteiger partial charge in [-0.05, 0) is 38.3 Å². The molecule has 2 rings (SSSR count). The maximum Gasteiger partial charge on any atom is 0.121 e. The normalized spacial score (nSPS) is 20.9. The number of nitrogens with zero attached hydrogens (tertiary/aromatic N) is 1. The molecule has 1 aromatic carbocycles. The van der Waals surface area contributed by atoms with Crippen LogP contribution in [0.1, 0.15) is 26.2 Å². The molecule has 1 aliphatic rings. The van der Waals surface area contributed by atoms with E-state index in [4.69, 9.17) is 10.5 Å². The molecule has 1 fully saturated rings. The molecular weight excluding hydrogens is 200 g/mol. The van der Waals surface area contributed by atoms with Crippen molar-refractivity contribution in [3.63, 3.8) is 0 Å². The molecule has 1 atom stereocenters. The Morgan fingerprint density at radius 2 is 2.19 bits per heavy atom. The molecule has 16 heavy (non-hydrogen) atoms. The molecule has 0 bridgehead atoms. The summed E-state index contributed by atoms with van der Waals surface area (Å²) >= 11 is 0. The highest BCUT2D eigenvalue weighted by atomic mass is 16.5. The number of benzene rings is 1. The van der Waals surface area contributed by atoms with Crippen molar-refractivity contribution in [1.29, 1.82) is 0 Å². The molecule has 0 spiro atoms. The van der Waals surface area contributed by atoms with Gasteiger partial charge in [-0.3, -0.25) is 0 Å². The smallest absolute Gasteiger partial charge is 0.121 e. The van der Waals surface area contributed by atoms with Crippen molar-refractivity contribution in [1.82, 2.24) is 0 Å². The zero-order chi connectivity index (χ0) is 11.5. The highest BCUT2D eigenvalue weighted by molar-refractivity contribution is 5.70. The summed E-state index contributed by atoms with van der Waals surface area (Å²) in [4.78, 5) is 2.40. The van der Waals surface area contributed by atoms with Crippen LogP contribution in [0.15, 0.2) is 18.2 Å². The number of methoxy groups -OCH3 is 1. The standard InChI is InChI=1S/C13H20N2O/c1-10-5-3-4-8-15(10)13-7-6-11(16-2)9-12(13)14/h6-7,9-10H,3-5,8,14H2,1-2H3/t10-/m0/s1. The van der Waals surface area contributed by atoms with Crippen LogP contribution in [0.5, 0.6) is 5.75 Å². The van der Waals surface area contributed by atoms with Gasteiger partial charge in [0.25, 0.3) is 0 Å². The number of hydrogen-bond donors (Lipinski definition) is 1. The van der Waals surface area contributed by atoms with Gasteiger partial charge in [-0.1, -0.05) is 0 Å². The molecule has 1 heterocycles. The maximum absolute atomic E-state index is 6.07. The van der Waals surface area contributed by atoms with Gasteiger partial charge in [0.1, 0.15) is 5.75 Å². The lowest BCUT2D eigenvalue weighted by Crippen LogP contribution is -2.37. The summed E-state index contributed by atoms with van der Waals surface area (Å²) < 4.78 is 5.17. The largest absolute Gasteiger partial charge is 0.497 e. The minimum atomic E-state index is 0.587. The lowest BCUT2D eigenvalue weighted by molar-refractivity contribution is 0.415. The molecule has 1 saturated heterocycles. The Hall–Kier alpha value is -1.38. The van der Waals surface area contributed by atoms with Crippen molar-refractivity contribution in [2.45, 2.75) is 32.2 Å². The summed E-state index contributed by atoms with van der Waals surface area (Å²) in [6.07, 6.45) is 3.84. The van der Waals surface area contributed by atoms with E-state index in [1.807, 2.05) is 12.1 Å². The monoisotopic (exact) mass is 220 g/mol. The molecule has 0 aliphatic carbocycles. The molecule has 0 unspecified atom stereocenters. The molecule has 0 saturated carbocycles. The second-order valence-corrected chi connectivity index (χ2v) is 4.46.